The first-order valence-electron chi connectivity index (χ1n) is 11.8. The summed E-state index contributed by atoms with van der Waals surface area (Å²) >= 11 is 0. The minimum atomic E-state index is 0.458. The van der Waals surface area contributed by atoms with Gasteiger partial charge in [0.2, 0.25) is 0 Å². The molecule has 3 heteroatoms. The second kappa shape index (κ2) is 10.4. The van der Waals surface area contributed by atoms with Gasteiger partial charge in [-0.1, -0.05) is 91.6 Å². The fraction of sp³-hybridized carbons (Fsp3) is 0.125. The maximum absolute atomic E-state index is 6.15. The standard InChI is InChI=1S/C32H31N3/c1-6-10-27-22(4)19-30(29-12-9-8-11-28(27)29)25-17-15-24(16-18-25)21(3)13-14-26-20-23(7-2)32(34-5)35-31(26)33/h6-20H,3H2,1-2,4-5H3,(H2,33,34,35)/b10-6-,14-13-,23-7-. The fourth-order valence-electron chi connectivity index (χ4n) is 4.39. The van der Waals surface area contributed by atoms with Crippen molar-refractivity contribution in [2.24, 2.45) is 15.7 Å². The van der Waals surface area contributed by atoms with Crippen molar-refractivity contribution in [1.82, 2.24) is 0 Å². The molecule has 0 fully saturated rings. The maximum Gasteiger partial charge on any atom is 0.156 e. The molecule has 0 aromatic heterocycles. The third-order valence-corrected chi connectivity index (χ3v) is 6.27. The van der Waals surface area contributed by atoms with Crippen molar-refractivity contribution in [2.75, 3.05) is 7.05 Å². The first-order chi connectivity index (χ1) is 17.0. The van der Waals surface area contributed by atoms with Crippen molar-refractivity contribution in [1.29, 1.82) is 0 Å². The molecule has 1 aliphatic rings. The van der Waals surface area contributed by atoms with Gasteiger partial charge in [-0.2, -0.15) is 0 Å². The molecule has 3 aromatic rings. The van der Waals surface area contributed by atoms with Gasteiger partial charge in [0.05, 0.1) is 0 Å². The molecule has 0 amide bonds. The van der Waals surface area contributed by atoms with Crippen LogP contribution in [0.5, 0.6) is 0 Å². The van der Waals surface area contributed by atoms with Crippen LogP contribution in [0, 0.1) is 6.92 Å². The van der Waals surface area contributed by atoms with Gasteiger partial charge in [-0.15, -0.1) is 0 Å². The molecule has 0 bridgehead atoms. The molecular weight excluding hydrogens is 426 g/mol. The average Bonchev–Trinajstić information content (AvgIpc) is 2.89. The van der Waals surface area contributed by atoms with Crippen LogP contribution < -0.4 is 5.73 Å². The molecule has 3 nitrogen and oxygen atoms in total. The Kier molecular flexibility index (Phi) is 7.07. The zero-order valence-corrected chi connectivity index (χ0v) is 20.8. The van der Waals surface area contributed by atoms with Crippen LogP contribution in [0.15, 0.2) is 113 Å². The molecule has 35 heavy (non-hydrogen) atoms. The molecule has 3 aromatic carbocycles. The number of fused-ring (bicyclic) bond motifs is 1. The van der Waals surface area contributed by atoms with E-state index in [1.54, 1.807) is 7.05 Å². The van der Waals surface area contributed by atoms with E-state index in [1.165, 1.54) is 33.0 Å². The Morgan fingerprint density at radius 1 is 1.00 bits per heavy atom. The van der Waals surface area contributed by atoms with E-state index in [-0.39, 0.29) is 0 Å². The van der Waals surface area contributed by atoms with E-state index in [1.807, 2.05) is 31.2 Å². The molecule has 4 rings (SSSR count). The number of allylic oxidation sites excluding steroid dienone is 4. The van der Waals surface area contributed by atoms with E-state index in [0.717, 1.165) is 22.3 Å². The van der Waals surface area contributed by atoms with Gasteiger partial charge in [0.1, 0.15) is 5.84 Å². The van der Waals surface area contributed by atoms with Crippen molar-refractivity contribution >= 4 is 34.1 Å². The first kappa shape index (κ1) is 23.9. The number of rotatable bonds is 5. The zero-order valence-electron chi connectivity index (χ0n) is 20.8. The maximum atomic E-state index is 6.15. The van der Waals surface area contributed by atoms with Crippen molar-refractivity contribution < 1.29 is 0 Å². The Hall–Kier alpha value is -4.24. The van der Waals surface area contributed by atoms with E-state index in [4.69, 9.17) is 5.73 Å². The second-order valence-electron chi connectivity index (χ2n) is 8.52. The molecule has 2 N–H and O–H groups in total. The Labute approximate surface area is 208 Å². The number of hydrogen-bond acceptors (Lipinski definition) is 2. The minimum Gasteiger partial charge on any atom is -0.383 e. The predicted molar refractivity (Wildman–Crippen MR) is 154 cm³/mol. The van der Waals surface area contributed by atoms with Crippen molar-refractivity contribution in [3.8, 4) is 11.1 Å². The number of nitrogens with zero attached hydrogens (tertiary/aromatic N) is 2. The van der Waals surface area contributed by atoms with Gasteiger partial charge < -0.3 is 5.73 Å². The van der Waals surface area contributed by atoms with E-state index >= 15 is 0 Å². The predicted octanol–water partition coefficient (Wildman–Crippen LogP) is 7.69. The van der Waals surface area contributed by atoms with Crippen LogP contribution >= 0.6 is 0 Å². The first-order valence-corrected chi connectivity index (χ1v) is 11.8. The molecule has 0 unspecified atom stereocenters. The normalized spacial score (nSPS) is 16.5. The Balaban J connectivity index is 1.63. The smallest absolute Gasteiger partial charge is 0.156 e. The van der Waals surface area contributed by atoms with E-state index in [2.05, 4.69) is 97.2 Å². The van der Waals surface area contributed by atoms with Crippen molar-refractivity contribution in [2.45, 2.75) is 20.8 Å². The summed E-state index contributed by atoms with van der Waals surface area (Å²) in [7, 11) is 1.72. The summed E-state index contributed by atoms with van der Waals surface area (Å²) < 4.78 is 0. The molecule has 1 aliphatic heterocycles. The number of nitrogens with two attached hydrogens (primary N) is 1. The number of aliphatic imine (C=N–C) groups is 2. The van der Waals surface area contributed by atoms with Crippen molar-refractivity contribution in [3.63, 3.8) is 0 Å². The molecule has 0 aliphatic carbocycles. The van der Waals surface area contributed by atoms with Crippen LogP contribution in [0.2, 0.25) is 0 Å². The third kappa shape index (κ3) is 4.85. The lowest BCUT2D eigenvalue weighted by molar-refractivity contribution is 1.35. The fourth-order valence-corrected chi connectivity index (χ4v) is 4.39. The molecule has 0 saturated carbocycles. The Morgan fingerprint density at radius 3 is 2.37 bits per heavy atom. The van der Waals surface area contributed by atoms with Gasteiger partial charge in [-0.25, -0.2) is 4.99 Å². The summed E-state index contributed by atoms with van der Waals surface area (Å²) in [6, 6.07) is 19.5. The average molecular weight is 458 g/mol. The van der Waals surface area contributed by atoms with Gasteiger partial charge in [0.15, 0.2) is 5.84 Å². The highest BCUT2D eigenvalue weighted by Gasteiger charge is 2.13. The lowest BCUT2D eigenvalue weighted by atomic mass is 9.91. The van der Waals surface area contributed by atoms with Crippen LogP contribution in [0.25, 0.3) is 33.5 Å². The third-order valence-electron chi connectivity index (χ3n) is 6.27. The van der Waals surface area contributed by atoms with Crippen molar-refractivity contribution in [3.05, 3.63) is 119 Å². The van der Waals surface area contributed by atoms with Gasteiger partial charge >= 0.3 is 0 Å². The van der Waals surface area contributed by atoms with Gasteiger partial charge in [-0.05, 0) is 71.0 Å². The molecule has 174 valence electrons. The molecular formula is C32H31N3. The molecule has 0 saturated heterocycles. The highest BCUT2D eigenvalue weighted by atomic mass is 15.0. The quantitative estimate of drug-likeness (QED) is 0.392. The summed E-state index contributed by atoms with van der Waals surface area (Å²) in [5.41, 5.74) is 14.9. The van der Waals surface area contributed by atoms with E-state index in [9.17, 15) is 0 Å². The summed E-state index contributed by atoms with van der Waals surface area (Å²) in [6.07, 6.45) is 12.2. The Morgan fingerprint density at radius 2 is 1.71 bits per heavy atom. The van der Waals surface area contributed by atoms with Crippen LogP contribution in [-0.4, -0.2) is 18.7 Å². The largest absolute Gasteiger partial charge is 0.383 e. The molecule has 0 spiro atoms. The number of dihydropyridines is 1. The lowest BCUT2D eigenvalue weighted by Gasteiger charge is -2.14. The molecule has 0 radical (unpaired) electrons. The van der Waals surface area contributed by atoms with E-state index < -0.39 is 0 Å². The molecule has 0 atom stereocenters. The van der Waals surface area contributed by atoms with Crippen LogP contribution in [0.3, 0.4) is 0 Å². The van der Waals surface area contributed by atoms with Crippen LogP contribution in [0.1, 0.15) is 30.5 Å². The zero-order chi connectivity index (χ0) is 24.9. The Bertz CT molecular complexity index is 1470. The SMILES string of the molecule is C=C(/C=C\C1=CC(=C/C)/C(=NC)N=C1N)c1ccc(-c2cc(C)c(/C=C\C)c3ccccc23)cc1. The highest BCUT2D eigenvalue weighted by molar-refractivity contribution is 6.17. The number of aryl methyl sites for hydroxylation is 1. The minimum absolute atomic E-state index is 0.458. The van der Waals surface area contributed by atoms with Gasteiger partial charge in [0.25, 0.3) is 0 Å². The number of amidine groups is 2. The van der Waals surface area contributed by atoms with Gasteiger partial charge in [0, 0.05) is 18.2 Å². The summed E-state index contributed by atoms with van der Waals surface area (Å²) in [4.78, 5) is 8.59. The van der Waals surface area contributed by atoms with Gasteiger partial charge in [-0.3, -0.25) is 4.99 Å². The topological polar surface area (TPSA) is 50.7 Å². The lowest BCUT2D eigenvalue weighted by Crippen LogP contribution is -2.21. The molecule has 1 heterocycles. The summed E-state index contributed by atoms with van der Waals surface area (Å²) in [5, 5.41) is 2.53. The summed E-state index contributed by atoms with van der Waals surface area (Å²) in [5.74, 6) is 1.11. The summed E-state index contributed by atoms with van der Waals surface area (Å²) in [6.45, 7) is 10.5. The number of benzene rings is 3. The monoisotopic (exact) mass is 457 g/mol. The second-order valence-corrected chi connectivity index (χ2v) is 8.52. The van der Waals surface area contributed by atoms with Crippen LogP contribution in [-0.2, 0) is 0 Å². The highest BCUT2D eigenvalue weighted by Crippen LogP contribution is 2.34. The van der Waals surface area contributed by atoms with E-state index in [0.29, 0.717) is 11.7 Å². The van der Waals surface area contributed by atoms with Crippen LogP contribution in [0.4, 0.5) is 0 Å². The number of hydrogen-bond donors (Lipinski definition) is 1.